The van der Waals surface area contributed by atoms with Gasteiger partial charge in [0.2, 0.25) is 5.95 Å². The van der Waals surface area contributed by atoms with Crippen LogP contribution >= 0.6 is 0 Å². The molecule has 6 heteroatoms. The first-order chi connectivity index (χ1) is 10.4. The number of aryl methyl sites for hydroxylation is 2. The predicted molar refractivity (Wildman–Crippen MR) is 86.0 cm³/mol. The summed E-state index contributed by atoms with van der Waals surface area (Å²) in [5, 5.41) is 2.95. The van der Waals surface area contributed by atoms with Crippen molar-refractivity contribution < 1.29 is 4.79 Å². The Morgan fingerprint density at radius 3 is 2.45 bits per heavy atom. The Bertz CT molecular complexity index is 667. The lowest BCUT2D eigenvalue weighted by Crippen LogP contribution is -2.28. The summed E-state index contributed by atoms with van der Waals surface area (Å²) in [6.45, 7) is 5.66. The first-order valence-corrected chi connectivity index (χ1v) is 7.13. The number of hydrogen-bond donors (Lipinski definition) is 1. The molecule has 0 radical (unpaired) electrons. The molecule has 0 saturated heterocycles. The molecule has 116 valence electrons. The fourth-order valence-electron chi connectivity index (χ4n) is 1.99. The number of amides is 1. The van der Waals surface area contributed by atoms with Crippen molar-refractivity contribution in [1.29, 1.82) is 0 Å². The third-order valence-electron chi connectivity index (χ3n) is 3.39. The van der Waals surface area contributed by atoms with Gasteiger partial charge in [0, 0.05) is 32.2 Å². The summed E-state index contributed by atoms with van der Waals surface area (Å²) in [5.41, 5.74) is 3.05. The Labute approximate surface area is 130 Å². The number of carbonyl (C=O) groups excluding carboxylic acids is 1. The van der Waals surface area contributed by atoms with Crippen LogP contribution in [0, 0.1) is 13.8 Å². The Morgan fingerprint density at radius 2 is 1.91 bits per heavy atom. The molecule has 0 bridgehead atoms. The van der Waals surface area contributed by atoms with Crippen LogP contribution in [0.15, 0.2) is 24.5 Å². The molecule has 1 N–H and O–H groups in total. The molecule has 6 nitrogen and oxygen atoms in total. The molecule has 0 fully saturated rings. The van der Waals surface area contributed by atoms with E-state index in [1.807, 2.05) is 47.0 Å². The largest absolute Gasteiger partial charge is 0.347 e. The third kappa shape index (κ3) is 3.58. The molecule has 0 aliphatic carbocycles. The molecule has 2 aromatic rings. The number of hydrogen-bond acceptors (Lipinski definition) is 5. The molecule has 1 atom stereocenters. The van der Waals surface area contributed by atoms with E-state index in [0.717, 1.165) is 11.3 Å². The topological polar surface area (TPSA) is 71.0 Å². The zero-order valence-corrected chi connectivity index (χ0v) is 13.6. The highest BCUT2D eigenvalue weighted by molar-refractivity contribution is 5.95. The second-order valence-corrected chi connectivity index (χ2v) is 5.49. The van der Waals surface area contributed by atoms with Crippen molar-refractivity contribution in [3.05, 3.63) is 47.0 Å². The van der Waals surface area contributed by atoms with Crippen molar-refractivity contribution in [3.63, 3.8) is 0 Å². The van der Waals surface area contributed by atoms with Crippen molar-refractivity contribution in [2.75, 3.05) is 19.0 Å². The molecule has 2 aromatic heterocycles. The number of nitrogens with one attached hydrogen (secondary N) is 1. The molecule has 22 heavy (non-hydrogen) atoms. The Morgan fingerprint density at radius 1 is 1.18 bits per heavy atom. The number of anilines is 1. The summed E-state index contributed by atoms with van der Waals surface area (Å²) in [7, 11) is 3.72. The van der Waals surface area contributed by atoms with Gasteiger partial charge in [0.25, 0.3) is 5.91 Å². The van der Waals surface area contributed by atoms with Gasteiger partial charge in [0.1, 0.15) is 0 Å². The van der Waals surface area contributed by atoms with E-state index in [4.69, 9.17) is 0 Å². The summed E-state index contributed by atoms with van der Waals surface area (Å²) >= 11 is 0. The van der Waals surface area contributed by atoms with E-state index >= 15 is 0 Å². The summed E-state index contributed by atoms with van der Waals surface area (Å²) in [6, 6.07) is 3.76. The Kier molecular flexibility index (Phi) is 4.70. The van der Waals surface area contributed by atoms with Crippen LogP contribution in [0.1, 0.15) is 40.3 Å². The second kappa shape index (κ2) is 6.51. The van der Waals surface area contributed by atoms with Gasteiger partial charge in [-0.25, -0.2) is 9.97 Å². The predicted octanol–water partition coefficient (Wildman–Crippen LogP) is 2.05. The number of pyridine rings is 1. The van der Waals surface area contributed by atoms with Crippen LogP contribution < -0.4 is 10.2 Å². The van der Waals surface area contributed by atoms with Crippen LogP contribution in [-0.4, -0.2) is 35.0 Å². The third-order valence-corrected chi connectivity index (χ3v) is 3.39. The SMILES string of the molecule is Cc1ccc([C@@H](C)NC(=O)c2cnc(N(C)C)nc2C)cn1. The van der Waals surface area contributed by atoms with Gasteiger partial charge in [-0.2, -0.15) is 0 Å². The lowest BCUT2D eigenvalue weighted by molar-refractivity contribution is 0.0938. The van der Waals surface area contributed by atoms with Gasteiger partial charge in [-0.1, -0.05) is 6.07 Å². The van der Waals surface area contributed by atoms with Crippen molar-refractivity contribution in [1.82, 2.24) is 20.3 Å². The minimum atomic E-state index is -0.184. The fraction of sp³-hybridized carbons (Fsp3) is 0.375. The normalized spacial score (nSPS) is 11.9. The maximum absolute atomic E-state index is 12.4. The molecule has 0 aromatic carbocycles. The first-order valence-electron chi connectivity index (χ1n) is 7.13. The second-order valence-electron chi connectivity index (χ2n) is 5.49. The number of rotatable bonds is 4. The van der Waals surface area contributed by atoms with Gasteiger partial charge in [0.05, 0.1) is 17.3 Å². The van der Waals surface area contributed by atoms with E-state index in [1.54, 1.807) is 17.3 Å². The Balaban J connectivity index is 2.13. The van der Waals surface area contributed by atoms with E-state index in [0.29, 0.717) is 17.2 Å². The van der Waals surface area contributed by atoms with Gasteiger partial charge < -0.3 is 10.2 Å². The molecule has 0 saturated carbocycles. The quantitative estimate of drug-likeness (QED) is 0.935. The first kappa shape index (κ1) is 15.9. The minimum Gasteiger partial charge on any atom is -0.347 e. The lowest BCUT2D eigenvalue weighted by Gasteiger charge is -2.16. The molecular weight excluding hydrogens is 278 g/mol. The van der Waals surface area contributed by atoms with Gasteiger partial charge in [0.15, 0.2) is 0 Å². The van der Waals surface area contributed by atoms with Crippen LogP contribution in [0.4, 0.5) is 5.95 Å². The van der Waals surface area contributed by atoms with E-state index < -0.39 is 0 Å². The van der Waals surface area contributed by atoms with Gasteiger partial charge >= 0.3 is 0 Å². The van der Waals surface area contributed by atoms with Crippen LogP contribution in [0.2, 0.25) is 0 Å². The smallest absolute Gasteiger partial charge is 0.255 e. The van der Waals surface area contributed by atoms with Gasteiger partial charge in [-0.05, 0) is 32.4 Å². The maximum atomic E-state index is 12.4. The lowest BCUT2D eigenvalue weighted by atomic mass is 10.1. The minimum absolute atomic E-state index is 0.131. The van der Waals surface area contributed by atoms with E-state index in [-0.39, 0.29) is 11.9 Å². The van der Waals surface area contributed by atoms with E-state index in [9.17, 15) is 4.79 Å². The molecule has 0 aliphatic heterocycles. The number of carbonyl (C=O) groups is 1. The summed E-state index contributed by atoms with van der Waals surface area (Å²) in [6.07, 6.45) is 3.34. The van der Waals surface area contributed by atoms with Gasteiger partial charge in [-0.3, -0.25) is 9.78 Å². The number of aromatic nitrogens is 3. The summed E-state index contributed by atoms with van der Waals surface area (Å²) in [4.78, 5) is 26.9. The number of nitrogens with zero attached hydrogens (tertiary/aromatic N) is 4. The van der Waals surface area contributed by atoms with Crippen LogP contribution in [0.3, 0.4) is 0 Å². The molecule has 2 rings (SSSR count). The fourth-order valence-corrected chi connectivity index (χ4v) is 1.99. The highest BCUT2D eigenvalue weighted by atomic mass is 16.1. The standard InChI is InChI=1S/C16H21N5O/c1-10-6-7-13(8-17-10)11(2)19-15(22)14-9-18-16(21(4)5)20-12(14)3/h6-9,11H,1-5H3,(H,19,22)/t11-/m1/s1. The molecule has 0 unspecified atom stereocenters. The zero-order valence-electron chi connectivity index (χ0n) is 13.6. The highest BCUT2D eigenvalue weighted by Gasteiger charge is 2.15. The van der Waals surface area contributed by atoms with E-state index in [1.165, 1.54) is 0 Å². The van der Waals surface area contributed by atoms with Gasteiger partial charge in [-0.15, -0.1) is 0 Å². The Hall–Kier alpha value is -2.50. The van der Waals surface area contributed by atoms with E-state index in [2.05, 4.69) is 20.3 Å². The average Bonchev–Trinajstić information content (AvgIpc) is 2.47. The monoisotopic (exact) mass is 299 g/mol. The van der Waals surface area contributed by atoms with Crippen LogP contribution in [-0.2, 0) is 0 Å². The molecule has 2 heterocycles. The molecule has 1 amide bonds. The van der Waals surface area contributed by atoms with Crippen LogP contribution in [0.5, 0.6) is 0 Å². The van der Waals surface area contributed by atoms with Crippen molar-refractivity contribution in [3.8, 4) is 0 Å². The van der Waals surface area contributed by atoms with Crippen molar-refractivity contribution in [2.24, 2.45) is 0 Å². The highest BCUT2D eigenvalue weighted by Crippen LogP contribution is 2.14. The summed E-state index contributed by atoms with van der Waals surface area (Å²) < 4.78 is 0. The zero-order chi connectivity index (χ0) is 16.3. The van der Waals surface area contributed by atoms with Crippen molar-refractivity contribution in [2.45, 2.75) is 26.8 Å². The average molecular weight is 299 g/mol. The van der Waals surface area contributed by atoms with Crippen molar-refractivity contribution >= 4 is 11.9 Å². The molecule has 0 spiro atoms. The van der Waals surface area contributed by atoms with Crippen LogP contribution in [0.25, 0.3) is 0 Å². The molecular formula is C16H21N5O. The summed E-state index contributed by atoms with van der Waals surface area (Å²) in [5.74, 6) is 0.403. The molecule has 0 aliphatic rings. The maximum Gasteiger partial charge on any atom is 0.255 e.